The number of para-hydroxylation sites is 2. The van der Waals surface area contributed by atoms with E-state index in [2.05, 4.69) is 4.98 Å². The minimum absolute atomic E-state index is 0.166. The summed E-state index contributed by atoms with van der Waals surface area (Å²) in [4.78, 5) is 22.2. The molecule has 0 saturated heterocycles. The van der Waals surface area contributed by atoms with Gasteiger partial charge >= 0.3 is 5.97 Å². The van der Waals surface area contributed by atoms with Crippen LogP contribution in [0.2, 0.25) is 0 Å². The third kappa shape index (κ3) is 2.72. The van der Waals surface area contributed by atoms with E-state index in [1.807, 2.05) is 37.3 Å². The zero-order valence-corrected chi connectivity index (χ0v) is 15.7. The molecule has 0 fully saturated rings. The summed E-state index contributed by atoms with van der Waals surface area (Å²) < 4.78 is 17.9. The van der Waals surface area contributed by atoms with E-state index in [0.717, 1.165) is 0 Å². The Kier molecular flexibility index (Phi) is 3.97. The van der Waals surface area contributed by atoms with E-state index in [1.165, 1.54) is 0 Å². The first-order valence-corrected chi connectivity index (χ1v) is 9.31. The van der Waals surface area contributed by atoms with Crippen LogP contribution in [0.3, 0.4) is 0 Å². The fraction of sp³-hybridized carbons (Fsp3) is 0.190. The molecule has 146 valence electrons. The Morgan fingerprint density at radius 1 is 1.14 bits per heavy atom. The van der Waals surface area contributed by atoms with Crippen LogP contribution < -0.4 is 15.2 Å². The van der Waals surface area contributed by atoms with Gasteiger partial charge in [0.2, 0.25) is 6.79 Å². The van der Waals surface area contributed by atoms with Crippen molar-refractivity contribution in [3.63, 3.8) is 0 Å². The number of nitrogen functional groups attached to an aromatic ring is 1. The molecule has 8 heteroatoms. The van der Waals surface area contributed by atoms with Crippen molar-refractivity contribution < 1.29 is 19.0 Å². The topological polar surface area (TPSA) is 101 Å². The molecule has 29 heavy (non-hydrogen) atoms. The van der Waals surface area contributed by atoms with Crippen molar-refractivity contribution in [3.05, 3.63) is 48.0 Å². The van der Waals surface area contributed by atoms with Crippen LogP contribution in [0.1, 0.15) is 23.7 Å². The molecule has 8 nitrogen and oxygen atoms in total. The number of hydrogen-bond donors (Lipinski definition) is 1. The molecule has 5 rings (SSSR count). The summed E-state index contributed by atoms with van der Waals surface area (Å²) in [5, 5.41) is 0. The van der Waals surface area contributed by atoms with Crippen LogP contribution in [0.15, 0.2) is 42.5 Å². The van der Waals surface area contributed by atoms with E-state index >= 15 is 0 Å². The molecule has 0 amide bonds. The van der Waals surface area contributed by atoms with Gasteiger partial charge in [-0.05, 0) is 30.7 Å². The molecule has 4 aromatic rings. The van der Waals surface area contributed by atoms with Crippen LogP contribution in [0.25, 0.3) is 27.9 Å². The number of carbonyl (C=O) groups excluding carboxylic acids is 1. The molecule has 0 radical (unpaired) electrons. The maximum absolute atomic E-state index is 12.8. The molecule has 1 aliphatic rings. The Morgan fingerprint density at radius 2 is 1.90 bits per heavy atom. The molecule has 0 aliphatic carbocycles. The van der Waals surface area contributed by atoms with Crippen LogP contribution in [0, 0.1) is 0 Å². The van der Waals surface area contributed by atoms with E-state index in [9.17, 15) is 4.79 Å². The van der Waals surface area contributed by atoms with Crippen molar-refractivity contribution in [2.75, 3.05) is 19.1 Å². The highest BCUT2D eigenvalue weighted by Crippen LogP contribution is 2.37. The zero-order chi connectivity index (χ0) is 20.0. The highest BCUT2D eigenvalue weighted by molar-refractivity contribution is 6.09. The summed E-state index contributed by atoms with van der Waals surface area (Å²) in [6.07, 6.45) is 0.709. The first kappa shape index (κ1) is 17.3. The number of anilines is 1. The van der Waals surface area contributed by atoms with Gasteiger partial charge in [-0.1, -0.05) is 19.1 Å². The molecule has 0 unspecified atom stereocenters. The van der Waals surface area contributed by atoms with Crippen LogP contribution >= 0.6 is 0 Å². The molecule has 1 aliphatic heterocycles. The largest absolute Gasteiger partial charge is 0.462 e. The van der Waals surface area contributed by atoms with Gasteiger partial charge in [-0.15, -0.1) is 0 Å². The van der Waals surface area contributed by atoms with Crippen molar-refractivity contribution in [2.24, 2.45) is 0 Å². The molecule has 0 bridgehead atoms. The molecular formula is C21H18N4O4. The molecular weight excluding hydrogens is 372 g/mol. The quantitative estimate of drug-likeness (QED) is 0.533. The number of fused-ring (bicyclic) bond motifs is 3. The van der Waals surface area contributed by atoms with E-state index in [1.54, 1.807) is 16.7 Å². The summed E-state index contributed by atoms with van der Waals surface area (Å²) in [6, 6.07) is 12.9. The standard InChI is InChI=1S/C21H18N4O4/c1-2-9-27-21(26)17-18-20(24-14-6-4-3-5-13(14)23-18)25(19(17)22)12-7-8-15-16(10-12)29-11-28-15/h3-8,10H,2,9,11,22H2,1H3. The number of aromatic nitrogens is 3. The fourth-order valence-electron chi connectivity index (χ4n) is 3.42. The Balaban J connectivity index is 1.79. The maximum atomic E-state index is 12.8. The number of esters is 1. The summed E-state index contributed by atoms with van der Waals surface area (Å²) in [5.74, 6) is 0.962. The zero-order valence-electron chi connectivity index (χ0n) is 15.7. The third-order valence-corrected chi connectivity index (χ3v) is 4.75. The maximum Gasteiger partial charge on any atom is 0.344 e. The van der Waals surface area contributed by atoms with E-state index in [4.69, 9.17) is 24.9 Å². The lowest BCUT2D eigenvalue weighted by Crippen LogP contribution is -2.09. The third-order valence-electron chi connectivity index (χ3n) is 4.75. The molecule has 2 aromatic carbocycles. The Bertz CT molecular complexity index is 1260. The van der Waals surface area contributed by atoms with Gasteiger partial charge in [-0.25, -0.2) is 14.8 Å². The molecule has 0 spiro atoms. The van der Waals surface area contributed by atoms with Gasteiger partial charge in [-0.2, -0.15) is 0 Å². The second kappa shape index (κ2) is 6.66. The average Bonchev–Trinajstić information content (AvgIpc) is 3.31. The highest BCUT2D eigenvalue weighted by Gasteiger charge is 2.26. The molecule has 3 heterocycles. The smallest absolute Gasteiger partial charge is 0.344 e. The fourth-order valence-corrected chi connectivity index (χ4v) is 3.42. The van der Waals surface area contributed by atoms with Gasteiger partial charge in [0.15, 0.2) is 17.1 Å². The Labute approximate surface area is 165 Å². The van der Waals surface area contributed by atoms with Gasteiger partial charge in [0, 0.05) is 6.07 Å². The summed E-state index contributed by atoms with van der Waals surface area (Å²) in [6.45, 7) is 2.40. The summed E-state index contributed by atoms with van der Waals surface area (Å²) in [7, 11) is 0. The van der Waals surface area contributed by atoms with Crippen molar-refractivity contribution >= 4 is 34.0 Å². The van der Waals surface area contributed by atoms with Crippen molar-refractivity contribution in [1.82, 2.24) is 14.5 Å². The SMILES string of the molecule is CCCOC(=O)c1c(N)n(-c2ccc3c(c2)OCO3)c2nc3ccccc3nc12. The molecule has 0 saturated carbocycles. The van der Waals surface area contributed by atoms with Gasteiger partial charge in [0.05, 0.1) is 23.3 Å². The van der Waals surface area contributed by atoms with Crippen molar-refractivity contribution in [2.45, 2.75) is 13.3 Å². The Hall–Kier alpha value is -3.81. The predicted octanol–water partition coefficient (Wildman–Crippen LogP) is 3.45. The number of benzene rings is 2. The second-order valence-electron chi connectivity index (χ2n) is 6.65. The summed E-state index contributed by atoms with van der Waals surface area (Å²) in [5.41, 5.74) is 9.60. The molecule has 2 N–H and O–H groups in total. The molecule has 0 atom stereocenters. The number of nitrogens with two attached hydrogens (primary N) is 1. The normalized spacial score (nSPS) is 12.6. The van der Waals surface area contributed by atoms with Gasteiger partial charge in [-0.3, -0.25) is 4.57 Å². The monoisotopic (exact) mass is 390 g/mol. The minimum Gasteiger partial charge on any atom is -0.462 e. The van der Waals surface area contributed by atoms with Gasteiger partial charge in [0.1, 0.15) is 16.9 Å². The number of ether oxygens (including phenoxy) is 3. The van der Waals surface area contributed by atoms with E-state index < -0.39 is 5.97 Å². The predicted molar refractivity (Wildman–Crippen MR) is 107 cm³/mol. The highest BCUT2D eigenvalue weighted by atomic mass is 16.7. The number of nitrogens with zero attached hydrogens (tertiary/aromatic N) is 3. The lowest BCUT2D eigenvalue weighted by atomic mass is 10.2. The van der Waals surface area contributed by atoms with Crippen LogP contribution in [0.4, 0.5) is 5.82 Å². The average molecular weight is 390 g/mol. The van der Waals surface area contributed by atoms with Gasteiger partial charge < -0.3 is 19.9 Å². The lowest BCUT2D eigenvalue weighted by molar-refractivity contribution is 0.0508. The van der Waals surface area contributed by atoms with Gasteiger partial charge in [0.25, 0.3) is 0 Å². The van der Waals surface area contributed by atoms with Crippen LogP contribution in [-0.2, 0) is 4.74 Å². The first-order chi connectivity index (χ1) is 14.2. The number of carbonyl (C=O) groups is 1. The van der Waals surface area contributed by atoms with E-state index in [0.29, 0.717) is 52.4 Å². The summed E-state index contributed by atoms with van der Waals surface area (Å²) >= 11 is 0. The number of rotatable bonds is 4. The minimum atomic E-state index is -0.515. The van der Waals surface area contributed by atoms with E-state index in [-0.39, 0.29) is 18.2 Å². The van der Waals surface area contributed by atoms with Crippen molar-refractivity contribution in [3.8, 4) is 17.2 Å². The van der Waals surface area contributed by atoms with Crippen LogP contribution in [0.5, 0.6) is 11.5 Å². The van der Waals surface area contributed by atoms with Crippen molar-refractivity contribution in [1.29, 1.82) is 0 Å². The number of hydrogen-bond acceptors (Lipinski definition) is 7. The molecule has 2 aromatic heterocycles. The lowest BCUT2D eigenvalue weighted by Gasteiger charge is -2.09. The Morgan fingerprint density at radius 3 is 2.69 bits per heavy atom. The first-order valence-electron chi connectivity index (χ1n) is 9.31. The second-order valence-corrected chi connectivity index (χ2v) is 6.65. The van der Waals surface area contributed by atoms with Crippen LogP contribution in [-0.4, -0.2) is 33.9 Å².